The van der Waals surface area contributed by atoms with Crippen LogP contribution in [0.4, 0.5) is 0 Å². The number of fused-ring (bicyclic) bond motifs is 1. The Kier molecular flexibility index (Phi) is 8.56. The highest BCUT2D eigenvalue weighted by atomic mass is 35.5. The van der Waals surface area contributed by atoms with Crippen LogP contribution in [-0.2, 0) is 22.7 Å². The lowest BCUT2D eigenvalue weighted by Gasteiger charge is -2.32. The van der Waals surface area contributed by atoms with Gasteiger partial charge in [0.1, 0.15) is 18.1 Å². The van der Waals surface area contributed by atoms with Gasteiger partial charge in [0.25, 0.3) is 0 Å². The van der Waals surface area contributed by atoms with Crippen molar-refractivity contribution in [3.05, 3.63) is 94.5 Å². The van der Waals surface area contributed by atoms with E-state index in [9.17, 15) is 9.59 Å². The summed E-state index contributed by atoms with van der Waals surface area (Å²) in [5.74, 6) is -0.0481. The minimum absolute atomic E-state index is 0.0629. The number of rotatable bonds is 10. The van der Waals surface area contributed by atoms with E-state index in [0.29, 0.717) is 23.0 Å². The summed E-state index contributed by atoms with van der Waals surface area (Å²) in [6.45, 7) is 6.84. The Balaban J connectivity index is 1.73. The monoisotopic (exact) mass is 517 g/mol. The van der Waals surface area contributed by atoms with Crippen LogP contribution >= 0.6 is 11.6 Å². The molecule has 0 fully saturated rings. The highest BCUT2D eigenvalue weighted by Gasteiger charge is 2.32. The maximum absolute atomic E-state index is 14.0. The summed E-state index contributed by atoms with van der Waals surface area (Å²) in [5.41, 5.74) is 4.02. The first-order valence-corrected chi connectivity index (χ1v) is 12.9. The molecule has 4 rings (SSSR count). The molecule has 0 saturated carbocycles. The Labute approximate surface area is 222 Å². The third-order valence-corrected chi connectivity index (χ3v) is 6.67. The smallest absolute Gasteiger partial charge is 0.247 e. The highest BCUT2D eigenvalue weighted by Crippen LogP contribution is 2.27. The molecule has 4 aromatic rings. The molecule has 1 aromatic heterocycles. The summed E-state index contributed by atoms with van der Waals surface area (Å²) in [4.78, 5) is 29.2. The summed E-state index contributed by atoms with van der Waals surface area (Å²) in [7, 11) is 0. The molecule has 0 aliphatic carbocycles. The first-order chi connectivity index (χ1) is 17.8. The maximum Gasteiger partial charge on any atom is 0.247 e. The lowest BCUT2D eigenvalue weighted by Crippen LogP contribution is -2.45. The van der Waals surface area contributed by atoms with Gasteiger partial charge in [0.15, 0.2) is 0 Å². The fourth-order valence-corrected chi connectivity index (χ4v) is 4.38. The summed E-state index contributed by atoms with van der Waals surface area (Å²) >= 11 is 6.50. The summed E-state index contributed by atoms with van der Waals surface area (Å²) < 4.78 is 1.57. The van der Waals surface area contributed by atoms with Crippen molar-refractivity contribution in [3.8, 4) is 0 Å². The van der Waals surface area contributed by atoms with Crippen molar-refractivity contribution in [2.24, 2.45) is 5.92 Å². The number of nitrogens with one attached hydrogen (secondary N) is 1. The highest BCUT2D eigenvalue weighted by molar-refractivity contribution is 6.31. The van der Waals surface area contributed by atoms with E-state index in [0.717, 1.165) is 28.6 Å². The van der Waals surface area contributed by atoms with E-state index >= 15 is 0 Å². The number of amides is 2. The molecule has 0 aliphatic heterocycles. The molecule has 1 heterocycles. The van der Waals surface area contributed by atoms with Crippen molar-refractivity contribution < 1.29 is 9.59 Å². The Morgan fingerprint density at radius 1 is 1.00 bits per heavy atom. The van der Waals surface area contributed by atoms with Crippen molar-refractivity contribution in [1.82, 2.24) is 25.2 Å². The lowest BCUT2D eigenvalue weighted by atomic mass is 10.0. The molecule has 3 aromatic carbocycles. The number of benzene rings is 3. The molecule has 192 valence electrons. The van der Waals surface area contributed by atoms with Crippen LogP contribution < -0.4 is 5.32 Å². The van der Waals surface area contributed by atoms with Crippen LogP contribution in [0.25, 0.3) is 11.0 Å². The van der Waals surface area contributed by atoms with Crippen molar-refractivity contribution >= 4 is 34.4 Å². The molecule has 0 radical (unpaired) electrons. The van der Waals surface area contributed by atoms with Gasteiger partial charge in [-0.1, -0.05) is 90.8 Å². The van der Waals surface area contributed by atoms with E-state index < -0.39 is 6.04 Å². The Morgan fingerprint density at radius 3 is 2.43 bits per heavy atom. The van der Waals surface area contributed by atoms with Crippen LogP contribution in [0.5, 0.6) is 0 Å². The molecule has 37 heavy (non-hydrogen) atoms. The quantitative estimate of drug-likeness (QED) is 0.308. The van der Waals surface area contributed by atoms with E-state index in [1.807, 2.05) is 73.7 Å². The zero-order chi connectivity index (χ0) is 26.4. The summed E-state index contributed by atoms with van der Waals surface area (Å²) in [6.07, 6.45) is 0.843. The number of nitrogens with zero attached hydrogens (tertiary/aromatic N) is 4. The van der Waals surface area contributed by atoms with Gasteiger partial charge in [-0.3, -0.25) is 9.59 Å². The molecular formula is C29H32ClN5O2. The van der Waals surface area contributed by atoms with Crippen molar-refractivity contribution in [1.29, 1.82) is 0 Å². The number of carbonyl (C=O) groups is 2. The van der Waals surface area contributed by atoms with Gasteiger partial charge in [0, 0.05) is 18.1 Å². The lowest BCUT2D eigenvalue weighted by molar-refractivity contribution is -0.142. The standard InChI is InChI=1S/C29H32ClN5O2/c1-20(2)16-17-31-29(37)28(22-14-12-21(3)13-15-22)34(18-23-8-4-5-9-24(23)30)27(36)19-35-26-11-7-6-10-25(26)32-33-35/h4-15,20,28H,16-19H2,1-3H3,(H,31,37)/t28-/m1/s1. The number of para-hydroxylation sites is 1. The van der Waals surface area contributed by atoms with Gasteiger partial charge in [0.2, 0.25) is 11.8 Å². The zero-order valence-corrected chi connectivity index (χ0v) is 22.2. The number of aromatic nitrogens is 3. The Bertz CT molecular complexity index is 1370. The fourth-order valence-electron chi connectivity index (χ4n) is 4.19. The van der Waals surface area contributed by atoms with Gasteiger partial charge >= 0.3 is 0 Å². The largest absolute Gasteiger partial charge is 0.354 e. The Morgan fingerprint density at radius 2 is 1.70 bits per heavy atom. The normalized spacial score (nSPS) is 12.0. The van der Waals surface area contributed by atoms with Crippen molar-refractivity contribution in [3.63, 3.8) is 0 Å². The molecule has 0 unspecified atom stereocenters. The molecule has 8 heteroatoms. The summed E-state index contributed by atoms with van der Waals surface area (Å²) in [5, 5.41) is 12.0. The average molecular weight is 518 g/mol. The van der Waals surface area contributed by atoms with Gasteiger partial charge in [0.05, 0.1) is 5.52 Å². The van der Waals surface area contributed by atoms with Crippen LogP contribution in [0.1, 0.15) is 43.0 Å². The van der Waals surface area contributed by atoms with E-state index in [4.69, 9.17) is 11.6 Å². The van der Waals surface area contributed by atoms with Crippen molar-refractivity contribution in [2.45, 2.75) is 46.3 Å². The molecule has 0 bridgehead atoms. The maximum atomic E-state index is 14.0. The minimum atomic E-state index is -0.841. The van der Waals surface area contributed by atoms with Gasteiger partial charge < -0.3 is 10.2 Å². The van der Waals surface area contributed by atoms with Crippen LogP contribution in [0.3, 0.4) is 0 Å². The van der Waals surface area contributed by atoms with Gasteiger partial charge in [-0.15, -0.1) is 5.10 Å². The predicted octanol–water partition coefficient (Wildman–Crippen LogP) is 5.33. The number of hydrogen-bond donors (Lipinski definition) is 1. The van der Waals surface area contributed by atoms with Crippen molar-refractivity contribution in [2.75, 3.05) is 6.54 Å². The second-order valence-corrected chi connectivity index (χ2v) is 10.0. The number of halogens is 1. The van der Waals surface area contributed by atoms with E-state index in [1.54, 1.807) is 15.6 Å². The first-order valence-electron chi connectivity index (χ1n) is 12.5. The van der Waals surface area contributed by atoms with E-state index in [-0.39, 0.29) is 24.9 Å². The SMILES string of the molecule is Cc1ccc([C@H](C(=O)NCCC(C)C)N(Cc2ccccc2Cl)C(=O)Cn2nnc3ccccc32)cc1. The first kappa shape index (κ1) is 26.4. The topological polar surface area (TPSA) is 80.1 Å². The second-order valence-electron chi connectivity index (χ2n) is 9.64. The van der Waals surface area contributed by atoms with Crippen LogP contribution in [0.2, 0.25) is 5.02 Å². The molecular weight excluding hydrogens is 486 g/mol. The number of aryl methyl sites for hydroxylation is 1. The number of hydrogen-bond acceptors (Lipinski definition) is 4. The minimum Gasteiger partial charge on any atom is -0.354 e. The molecule has 1 N–H and O–H groups in total. The third-order valence-electron chi connectivity index (χ3n) is 6.30. The molecule has 0 aliphatic rings. The van der Waals surface area contributed by atoms with E-state index in [2.05, 4.69) is 29.5 Å². The van der Waals surface area contributed by atoms with Gasteiger partial charge in [-0.2, -0.15) is 0 Å². The van der Waals surface area contributed by atoms with Gasteiger partial charge in [-0.25, -0.2) is 4.68 Å². The van der Waals surface area contributed by atoms with Crippen LogP contribution in [0, 0.1) is 12.8 Å². The molecule has 1 atom stereocenters. The van der Waals surface area contributed by atoms with Crippen LogP contribution in [-0.4, -0.2) is 38.3 Å². The fraction of sp³-hybridized carbons (Fsp3) is 0.310. The van der Waals surface area contributed by atoms with Gasteiger partial charge in [-0.05, 0) is 48.6 Å². The summed E-state index contributed by atoms with van der Waals surface area (Å²) in [6, 6.07) is 21.7. The Hall–Kier alpha value is -3.71. The van der Waals surface area contributed by atoms with Crippen LogP contribution in [0.15, 0.2) is 72.8 Å². The molecule has 0 saturated heterocycles. The zero-order valence-electron chi connectivity index (χ0n) is 21.4. The molecule has 7 nitrogen and oxygen atoms in total. The predicted molar refractivity (Wildman–Crippen MR) is 146 cm³/mol. The third kappa shape index (κ3) is 6.54. The second kappa shape index (κ2) is 12.0. The number of carbonyl (C=O) groups excluding carboxylic acids is 2. The molecule has 2 amide bonds. The van der Waals surface area contributed by atoms with E-state index in [1.165, 1.54) is 0 Å². The molecule has 0 spiro atoms. The average Bonchev–Trinajstić information content (AvgIpc) is 3.28.